The van der Waals surface area contributed by atoms with E-state index in [9.17, 15) is 0 Å². The van der Waals surface area contributed by atoms with Gasteiger partial charge in [-0.3, -0.25) is 0 Å². The molecule has 1 fully saturated rings. The van der Waals surface area contributed by atoms with Crippen LogP contribution in [0.1, 0.15) is 51.2 Å². The second kappa shape index (κ2) is 6.09. The molecule has 0 radical (unpaired) electrons. The predicted octanol–water partition coefficient (Wildman–Crippen LogP) is 4.34. The monoisotopic (exact) mass is 259 g/mol. The van der Waals surface area contributed by atoms with Gasteiger partial charge in [-0.05, 0) is 49.6 Å². The van der Waals surface area contributed by atoms with E-state index < -0.39 is 0 Å². The molecule has 106 valence electrons. The van der Waals surface area contributed by atoms with Crippen LogP contribution in [0.2, 0.25) is 0 Å². The van der Waals surface area contributed by atoms with Crippen LogP contribution in [0.15, 0.2) is 24.3 Å². The van der Waals surface area contributed by atoms with E-state index >= 15 is 0 Å². The fourth-order valence-corrected chi connectivity index (χ4v) is 3.70. The third kappa shape index (κ3) is 3.60. The largest absolute Gasteiger partial charge is 0.314 e. The smallest absolute Gasteiger partial charge is 0.0141 e. The summed E-state index contributed by atoms with van der Waals surface area (Å²) in [6.45, 7) is 10.4. The number of rotatable bonds is 5. The summed E-state index contributed by atoms with van der Waals surface area (Å²) < 4.78 is 0. The molecule has 1 aromatic carbocycles. The lowest BCUT2D eigenvalue weighted by molar-refractivity contribution is 0.197. The maximum absolute atomic E-state index is 3.74. The van der Waals surface area contributed by atoms with Crippen LogP contribution in [0.4, 0.5) is 0 Å². The molecule has 1 heteroatoms. The molecule has 0 saturated heterocycles. The average molecular weight is 259 g/mol. The van der Waals surface area contributed by atoms with E-state index in [1.54, 1.807) is 0 Å². The third-order valence-corrected chi connectivity index (χ3v) is 4.87. The Kier molecular flexibility index (Phi) is 4.67. The fourth-order valence-electron chi connectivity index (χ4n) is 3.70. The highest BCUT2D eigenvalue weighted by atomic mass is 14.9. The van der Waals surface area contributed by atoms with Crippen LogP contribution in [0.3, 0.4) is 0 Å². The van der Waals surface area contributed by atoms with Gasteiger partial charge in [0.1, 0.15) is 0 Å². The Balaban J connectivity index is 2.09. The first-order valence-corrected chi connectivity index (χ1v) is 7.82. The Morgan fingerprint density at radius 1 is 1.26 bits per heavy atom. The van der Waals surface area contributed by atoms with E-state index in [4.69, 9.17) is 0 Å². The molecule has 2 rings (SSSR count). The van der Waals surface area contributed by atoms with Crippen molar-refractivity contribution in [1.82, 2.24) is 5.32 Å². The number of likely N-dealkylation sites (N-methyl/N-ethyl adjacent to an activating group) is 1. The van der Waals surface area contributed by atoms with Gasteiger partial charge in [0.05, 0.1) is 0 Å². The van der Waals surface area contributed by atoms with E-state index in [1.807, 2.05) is 0 Å². The van der Waals surface area contributed by atoms with Gasteiger partial charge < -0.3 is 5.32 Å². The predicted molar refractivity (Wildman–Crippen MR) is 83.5 cm³/mol. The highest BCUT2D eigenvalue weighted by Gasteiger charge is 2.38. The Morgan fingerprint density at radius 2 is 1.95 bits per heavy atom. The van der Waals surface area contributed by atoms with Gasteiger partial charge in [0.25, 0.3) is 0 Å². The Bertz CT molecular complexity index is 391. The van der Waals surface area contributed by atoms with Gasteiger partial charge in [-0.15, -0.1) is 0 Å². The summed E-state index contributed by atoms with van der Waals surface area (Å²) in [6, 6.07) is 9.68. The van der Waals surface area contributed by atoms with Gasteiger partial charge in [0.2, 0.25) is 0 Å². The summed E-state index contributed by atoms with van der Waals surface area (Å²) in [5, 5.41) is 3.74. The molecule has 0 aromatic heterocycles. The quantitative estimate of drug-likeness (QED) is 0.829. The molecule has 0 spiro atoms. The maximum Gasteiger partial charge on any atom is 0.0141 e. The van der Waals surface area contributed by atoms with Crippen molar-refractivity contribution in [1.29, 1.82) is 0 Å². The van der Waals surface area contributed by atoms with E-state index in [2.05, 4.69) is 57.3 Å². The number of hydrogen-bond donors (Lipinski definition) is 1. The van der Waals surface area contributed by atoms with Crippen LogP contribution in [0, 0.1) is 18.3 Å². The molecular formula is C18H29N. The Labute approximate surface area is 118 Å². The van der Waals surface area contributed by atoms with Gasteiger partial charge in [-0.1, -0.05) is 57.0 Å². The second-order valence-corrected chi connectivity index (χ2v) is 6.84. The topological polar surface area (TPSA) is 12.0 Å². The molecule has 1 saturated carbocycles. The van der Waals surface area contributed by atoms with Crippen LogP contribution < -0.4 is 5.32 Å². The lowest BCUT2D eigenvalue weighted by Crippen LogP contribution is -2.42. The summed E-state index contributed by atoms with van der Waals surface area (Å²) in [6.07, 6.45) is 5.33. The molecule has 1 N–H and O–H groups in total. The minimum Gasteiger partial charge on any atom is -0.314 e. The molecule has 0 heterocycles. The van der Waals surface area contributed by atoms with Crippen molar-refractivity contribution in [2.75, 3.05) is 6.54 Å². The van der Waals surface area contributed by atoms with Crippen molar-refractivity contribution < 1.29 is 0 Å². The van der Waals surface area contributed by atoms with E-state index in [0.29, 0.717) is 11.5 Å². The SMILES string of the molecule is CCNC(Cc1ccc(C)cc1)C1CCCC1(C)C. The molecule has 1 nitrogen and oxygen atoms in total. The van der Waals surface area contributed by atoms with Crippen LogP contribution in [-0.4, -0.2) is 12.6 Å². The lowest BCUT2D eigenvalue weighted by atomic mass is 9.76. The number of hydrogen-bond acceptors (Lipinski definition) is 1. The molecule has 0 aliphatic heterocycles. The van der Waals surface area contributed by atoms with E-state index in [0.717, 1.165) is 12.5 Å². The zero-order chi connectivity index (χ0) is 13.9. The van der Waals surface area contributed by atoms with Crippen LogP contribution in [0.5, 0.6) is 0 Å². The van der Waals surface area contributed by atoms with Gasteiger partial charge in [0, 0.05) is 6.04 Å². The maximum atomic E-state index is 3.74. The average Bonchev–Trinajstić information content (AvgIpc) is 2.71. The van der Waals surface area contributed by atoms with Crippen molar-refractivity contribution >= 4 is 0 Å². The van der Waals surface area contributed by atoms with E-state index in [1.165, 1.54) is 36.8 Å². The molecule has 0 bridgehead atoms. The minimum atomic E-state index is 0.498. The van der Waals surface area contributed by atoms with Crippen molar-refractivity contribution in [3.05, 3.63) is 35.4 Å². The minimum absolute atomic E-state index is 0.498. The van der Waals surface area contributed by atoms with E-state index in [-0.39, 0.29) is 0 Å². The third-order valence-electron chi connectivity index (χ3n) is 4.87. The first kappa shape index (κ1) is 14.6. The molecule has 1 aromatic rings. The normalized spacial score (nSPS) is 23.5. The summed E-state index contributed by atoms with van der Waals surface area (Å²) >= 11 is 0. The number of benzene rings is 1. The van der Waals surface area contributed by atoms with Crippen LogP contribution in [-0.2, 0) is 6.42 Å². The summed E-state index contributed by atoms with van der Waals surface area (Å²) in [5.41, 5.74) is 3.32. The van der Waals surface area contributed by atoms with Crippen LogP contribution >= 0.6 is 0 Å². The summed E-state index contributed by atoms with van der Waals surface area (Å²) in [4.78, 5) is 0. The molecule has 1 aliphatic carbocycles. The number of aryl methyl sites for hydroxylation is 1. The van der Waals surface area contributed by atoms with Crippen molar-refractivity contribution in [3.8, 4) is 0 Å². The highest BCUT2D eigenvalue weighted by molar-refractivity contribution is 5.22. The van der Waals surface area contributed by atoms with Crippen molar-refractivity contribution in [2.45, 2.75) is 59.4 Å². The molecular weight excluding hydrogens is 230 g/mol. The van der Waals surface area contributed by atoms with Crippen molar-refractivity contribution in [2.24, 2.45) is 11.3 Å². The standard InChI is InChI=1S/C18H29N/c1-5-19-17(16-7-6-12-18(16,3)4)13-15-10-8-14(2)9-11-15/h8-11,16-17,19H,5-7,12-13H2,1-4H3. The molecule has 19 heavy (non-hydrogen) atoms. The highest BCUT2D eigenvalue weighted by Crippen LogP contribution is 2.44. The molecule has 2 atom stereocenters. The lowest BCUT2D eigenvalue weighted by Gasteiger charge is -2.35. The van der Waals surface area contributed by atoms with Gasteiger partial charge in [-0.25, -0.2) is 0 Å². The van der Waals surface area contributed by atoms with Crippen LogP contribution in [0.25, 0.3) is 0 Å². The second-order valence-electron chi connectivity index (χ2n) is 6.84. The zero-order valence-electron chi connectivity index (χ0n) is 13.0. The Morgan fingerprint density at radius 3 is 2.47 bits per heavy atom. The summed E-state index contributed by atoms with van der Waals surface area (Å²) in [5.74, 6) is 0.814. The Hall–Kier alpha value is -0.820. The summed E-state index contributed by atoms with van der Waals surface area (Å²) in [7, 11) is 0. The van der Waals surface area contributed by atoms with Crippen molar-refractivity contribution in [3.63, 3.8) is 0 Å². The molecule has 2 unspecified atom stereocenters. The van der Waals surface area contributed by atoms with Gasteiger partial charge >= 0.3 is 0 Å². The fraction of sp³-hybridized carbons (Fsp3) is 0.667. The molecule has 0 amide bonds. The first-order valence-electron chi connectivity index (χ1n) is 7.82. The first-order chi connectivity index (χ1) is 9.03. The van der Waals surface area contributed by atoms with Gasteiger partial charge in [-0.2, -0.15) is 0 Å². The van der Waals surface area contributed by atoms with Gasteiger partial charge in [0.15, 0.2) is 0 Å². The number of nitrogens with one attached hydrogen (secondary N) is 1. The zero-order valence-corrected chi connectivity index (χ0v) is 13.0. The molecule has 1 aliphatic rings.